The molecule has 0 bridgehead atoms. The fourth-order valence-corrected chi connectivity index (χ4v) is 5.19. The molecule has 6 rings (SSSR count). The number of rotatable bonds is 10. The predicted octanol–water partition coefficient (Wildman–Crippen LogP) is 3.23. The maximum atomic E-state index is 14.1. The van der Waals surface area contributed by atoms with Crippen LogP contribution in [0.5, 0.6) is 17.2 Å². The number of amides is 2. The zero-order chi connectivity index (χ0) is 28.2. The van der Waals surface area contributed by atoms with E-state index in [1.165, 1.54) is 0 Å². The third-order valence-electron chi connectivity index (χ3n) is 7.34. The summed E-state index contributed by atoms with van der Waals surface area (Å²) in [5.41, 5.74) is 2.85. The number of carbonyl (C=O) groups is 2. The highest BCUT2D eigenvalue weighted by Gasteiger charge is 2.33. The summed E-state index contributed by atoms with van der Waals surface area (Å²) in [5.74, 6) is 1.28. The van der Waals surface area contributed by atoms with Crippen LogP contribution in [0.25, 0.3) is 11.0 Å². The van der Waals surface area contributed by atoms with Crippen molar-refractivity contribution < 1.29 is 28.5 Å². The average molecular weight is 558 g/mol. The van der Waals surface area contributed by atoms with Gasteiger partial charge in [-0.25, -0.2) is 4.68 Å². The van der Waals surface area contributed by atoms with E-state index in [-0.39, 0.29) is 37.8 Å². The van der Waals surface area contributed by atoms with Gasteiger partial charge >= 0.3 is 0 Å². The Kier molecular flexibility index (Phi) is 7.68. The molecule has 0 spiro atoms. The van der Waals surface area contributed by atoms with Gasteiger partial charge in [0, 0.05) is 19.7 Å². The van der Waals surface area contributed by atoms with Crippen LogP contribution in [0.1, 0.15) is 30.0 Å². The summed E-state index contributed by atoms with van der Waals surface area (Å²) in [5, 5.41) is 11.4. The Hall–Kier alpha value is -4.64. The van der Waals surface area contributed by atoms with Crippen LogP contribution in [0.3, 0.4) is 0 Å². The van der Waals surface area contributed by atoms with Crippen LogP contribution in [-0.4, -0.2) is 64.9 Å². The van der Waals surface area contributed by atoms with Gasteiger partial charge in [0.15, 0.2) is 11.5 Å². The SMILES string of the molecule is COc1ccc([C@@H](C(=O)NC[C@@H]2CCCO2)N(Cc2ccc3c(c2)OCO3)C(=O)Cn2nnc3ccccc32)cc1. The van der Waals surface area contributed by atoms with Gasteiger partial charge in [-0.2, -0.15) is 0 Å². The molecule has 212 valence electrons. The van der Waals surface area contributed by atoms with E-state index >= 15 is 0 Å². The minimum atomic E-state index is -0.935. The molecule has 1 aromatic heterocycles. The van der Waals surface area contributed by atoms with E-state index in [2.05, 4.69) is 15.6 Å². The maximum Gasteiger partial charge on any atom is 0.247 e. The first-order valence-corrected chi connectivity index (χ1v) is 13.6. The minimum absolute atomic E-state index is 0.0463. The van der Waals surface area contributed by atoms with E-state index in [0.29, 0.717) is 41.5 Å². The van der Waals surface area contributed by atoms with E-state index in [4.69, 9.17) is 18.9 Å². The fraction of sp³-hybridized carbons (Fsp3) is 0.333. The number of carbonyl (C=O) groups excluding carboxylic acids is 2. The van der Waals surface area contributed by atoms with Crippen LogP contribution in [0, 0.1) is 0 Å². The summed E-state index contributed by atoms with van der Waals surface area (Å²) in [6.07, 6.45) is 1.80. The molecule has 0 saturated carbocycles. The monoisotopic (exact) mass is 557 g/mol. The zero-order valence-electron chi connectivity index (χ0n) is 22.7. The Morgan fingerprint density at radius 3 is 2.73 bits per heavy atom. The molecule has 0 aliphatic carbocycles. The molecule has 41 heavy (non-hydrogen) atoms. The molecule has 3 heterocycles. The second-order valence-corrected chi connectivity index (χ2v) is 10.0. The molecule has 2 aliphatic rings. The Morgan fingerprint density at radius 1 is 1.10 bits per heavy atom. The van der Waals surface area contributed by atoms with Crippen LogP contribution in [-0.2, 0) is 27.4 Å². The van der Waals surface area contributed by atoms with Gasteiger partial charge in [-0.3, -0.25) is 9.59 Å². The van der Waals surface area contributed by atoms with Gasteiger partial charge in [0.05, 0.1) is 18.7 Å². The van der Waals surface area contributed by atoms with Crippen LogP contribution in [0.4, 0.5) is 0 Å². The number of nitrogens with one attached hydrogen (secondary N) is 1. The van der Waals surface area contributed by atoms with Crippen molar-refractivity contribution in [2.24, 2.45) is 0 Å². The van der Waals surface area contributed by atoms with E-state index in [0.717, 1.165) is 23.9 Å². The van der Waals surface area contributed by atoms with Crippen molar-refractivity contribution in [3.05, 3.63) is 77.9 Å². The van der Waals surface area contributed by atoms with Gasteiger partial charge in [-0.05, 0) is 60.4 Å². The standard InChI is InChI=1S/C30H31N5O6/c1-38-22-11-9-21(10-12-22)29(30(37)31-16-23-5-4-14-39-23)34(17-20-8-13-26-27(15-20)41-19-40-26)28(36)18-35-25-7-3-2-6-24(25)32-33-35/h2-3,6-13,15,23,29H,4-5,14,16-19H2,1H3,(H,31,37)/t23-,29-/m0/s1. The lowest BCUT2D eigenvalue weighted by molar-refractivity contribution is -0.142. The topological polar surface area (TPSA) is 117 Å². The highest BCUT2D eigenvalue weighted by atomic mass is 16.7. The summed E-state index contributed by atoms with van der Waals surface area (Å²) in [6, 6.07) is 19.2. The number of hydrogen-bond donors (Lipinski definition) is 1. The molecule has 1 fully saturated rings. The summed E-state index contributed by atoms with van der Waals surface area (Å²) >= 11 is 0. The number of para-hydroxylation sites is 1. The quantitative estimate of drug-likeness (QED) is 0.316. The van der Waals surface area contributed by atoms with Crippen LogP contribution < -0.4 is 19.5 Å². The molecule has 2 amide bonds. The number of fused-ring (bicyclic) bond motifs is 2. The van der Waals surface area contributed by atoms with Gasteiger partial charge in [-0.1, -0.05) is 35.5 Å². The van der Waals surface area contributed by atoms with Gasteiger partial charge in [0.2, 0.25) is 18.6 Å². The second kappa shape index (κ2) is 11.8. The smallest absolute Gasteiger partial charge is 0.247 e. The van der Waals surface area contributed by atoms with Gasteiger partial charge < -0.3 is 29.2 Å². The van der Waals surface area contributed by atoms with Gasteiger partial charge in [0.1, 0.15) is 23.9 Å². The van der Waals surface area contributed by atoms with E-state index in [1.54, 1.807) is 41.0 Å². The summed E-state index contributed by atoms with van der Waals surface area (Å²) < 4.78 is 23.7. The second-order valence-electron chi connectivity index (χ2n) is 10.0. The molecule has 1 saturated heterocycles. The van der Waals surface area contributed by atoms with Crippen molar-refractivity contribution in [1.82, 2.24) is 25.2 Å². The average Bonchev–Trinajstić information content (AvgIpc) is 3.78. The van der Waals surface area contributed by atoms with Crippen molar-refractivity contribution in [2.45, 2.75) is 38.1 Å². The van der Waals surface area contributed by atoms with Gasteiger partial charge in [0.25, 0.3) is 0 Å². The molecular formula is C30H31N5O6. The molecule has 0 unspecified atom stereocenters. The first-order chi connectivity index (χ1) is 20.1. The van der Waals surface area contributed by atoms with Crippen LogP contribution in [0.2, 0.25) is 0 Å². The number of hydrogen-bond acceptors (Lipinski definition) is 8. The van der Waals surface area contributed by atoms with Crippen molar-refractivity contribution >= 4 is 22.8 Å². The van der Waals surface area contributed by atoms with E-state index in [1.807, 2.05) is 42.5 Å². The molecule has 3 aromatic carbocycles. The number of benzene rings is 3. The highest BCUT2D eigenvalue weighted by Crippen LogP contribution is 2.34. The Morgan fingerprint density at radius 2 is 1.93 bits per heavy atom. The molecule has 11 nitrogen and oxygen atoms in total. The van der Waals surface area contributed by atoms with Crippen molar-refractivity contribution in [3.8, 4) is 17.2 Å². The van der Waals surface area contributed by atoms with Crippen LogP contribution >= 0.6 is 0 Å². The lowest BCUT2D eigenvalue weighted by Crippen LogP contribution is -2.46. The largest absolute Gasteiger partial charge is 0.497 e. The Labute approximate surface area is 236 Å². The molecule has 0 radical (unpaired) electrons. The first-order valence-electron chi connectivity index (χ1n) is 13.6. The number of aromatic nitrogens is 3. The molecule has 1 N–H and O–H groups in total. The number of methoxy groups -OCH3 is 1. The molecule has 2 aliphatic heterocycles. The summed E-state index contributed by atoms with van der Waals surface area (Å²) in [6.45, 7) is 1.23. The van der Waals surface area contributed by atoms with Crippen molar-refractivity contribution in [3.63, 3.8) is 0 Å². The lowest BCUT2D eigenvalue weighted by Gasteiger charge is -2.32. The first kappa shape index (κ1) is 26.6. The third-order valence-corrected chi connectivity index (χ3v) is 7.34. The lowest BCUT2D eigenvalue weighted by atomic mass is 10.0. The highest BCUT2D eigenvalue weighted by molar-refractivity contribution is 5.89. The third kappa shape index (κ3) is 5.80. The van der Waals surface area contributed by atoms with Crippen molar-refractivity contribution in [1.29, 1.82) is 0 Å². The predicted molar refractivity (Wildman–Crippen MR) is 148 cm³/mol. The number of nitrogens with zero attached hydrogens (tertiary/aromatic N) is 4. The van der Waals surface area contributed by atoms with E-state index < -0.39 is 6.04 Å². The van der Waals surface area contributed by atoms with E-state index in [9.17, 15) is 9.59 Å². The molecule has 2 atom stereocenters. The summed E-state index contributed by atoms with van der Waals surface area (Å²) in [4.78, 5) is 29.6. The normalized spacial score (nSPS) is 16.5. The Bertz CT molecular complexity index is 1530. The molecule has 11 heteroatoms. The maximum absolute atomic E-state index is 14.1. The number of ether oxygens (including phenoxy) is 4. The molecular weight excluding hydrogens is 526 g/mol. The summed E-state index contributed by atoms with van der Waals surface area (Å²) in [7, 11) is 1.58. The Balaban J connectivity index is 1.35. The van der Waals surface area contributed by atoms with Crippen LogP contribution in [0.15, 0.2) is 66.7 Å². The zero-order valence-corrected chi connectivity index (χ0v) is 22.7. The fourth-order valence-electron chi connectivity index (χ4n) is 5.19. The minimum Gasteiger partial charge on any atom is -0.497 e. The van der Waals surface area contributed by atoms with Gasteiger partial charge in [-0.15, -0.1) is 5.10 Å². The van der Waals surface area contributed by atoms with Crippen molar-refractivity contribution in [2.75, 3.05) is 27.1 Å². The molecule has 4 aromatic rings.